The number of hydrogen-bond donors (Lipinski definition) is 2. The predicted molar refractivity (Wildman–Crippen MR) is 68.6 cm³/mol. The SMILES string of the molecule is O=C(NCCCOCC1CC1)c1c(O)cccc1F. The van der Waals surface area contributed by atoms with Crippen LogP contribution in [0.1, 0.15) is 29.6 Å². The summed E-state index contributed by atoms with van der Waals surface area (Å²) < 4.78 is 18.8. The van der Waals surface area contributed by atoms with E-state index in [-0.39, 0.29) is 11.3 Å². The number of benzene rings is 1. The molecule has 2 N–H and O–H groups in total. The summed E-state index contributed by atoms with van der Waals surface area (Å²) in [5.74, 6) is -0.937. The molecule has 0 atom stereocenters. The van der Waals surface area contributed by atoms with E-state index >= 15 is 0 Å². The number of carbonyl (C=O) groups is 1. The monoisotopic (exact) mass is 267 g/mol. The van der Waals surface area contributed by atoms with E-state index in [0.717, 1.165) is 18.6 Å². The van der Waals surface area contributed by atoms with Crippen molar-refractivity contribution in [1.29, 1.82) is 0 Å². The molecule has 0 aliphatic heterocycles. The average Bonchev–Trinajstić information content (AvgIpc) is 3.17. The van der Waals surface area contributed by atoms with Crippen LogP contribution in [0.2, 0.25) is 0 Å². The van der Waals surface area contributed by atoms with Gasteiger partial charge in [-0.25, -0.2) is 4.39 Å². The molecule has 4 nitrogen and oxygen atoms in total. The molecule has 1 amide bonds. The fourth-order valence-electron chi connectivity index (χ4n) is 1.74. The van der Waals surface area contributed by atoms with E-state index in [0.29, 0.717) is 19.6 Å². The van der Waals surface area contributed by atoms with Crippen molar-refractivity contribution in [1.82, 2.24) is 5.32 Å². The van der Waals surface area contributed by atoms with Crippen LogP contribution >= 0.6 is 0 Å². The first-order chi connectivity index (χ1) is 9.18. The fourth-order valence-corrected chi connectivity index (χ4v) is 1.74. The van der Waals surface area contributed by atoms with E-state index in [9.17, 15) is 14.3 Å². The molecule has 2 rings (SSSR count). The molecule has 0 radical (unpaired) electrons. The van der Waals surface area contributed by atoms with E-state index in [1.807, 2.05) is 0 Å². The van der Waals surface area contributed by atoms with Crippen molar-refractivity contribution in [3.8, 4) is 5.75 Å². The van der Waals surface area contributed by atoms with Crippen LogP contribution in [0.3, 0.4) is 0 Å². The van der Waals surface area contributed by atoms with Gasteiger partial charge in [-0.15, -0.1) is 0 Å². The number of rotatable bonds is 7. The van der Waals surface area contributed by atoms with Gasteiger partial charge < -0.3 is 15.2 Å². The highest BCUT2D eigenvalue weighted by atomic mass is 19.1. The number of carbonyl (C=O) groups excluding carboxylic acids is 1. The van der Waals surface area contributed by atoms with Gasteiger partial charge in [-0.05, 0) is 37.3 Å². The molecule has 1 fully saturated rings. The van der Waals surface area contributed by atoms with Gasteiger partial charge >= 0.3 is 0 Å². The number of phenolic OH excluding ortho intramolecular Hbond substituents is 1. The smallest absolute Gasteiger partial charge is 0.258 e. The molecule has 104 valence electrons. The Kier molecular flexibility index (Phi) is 4.74. The lowest BCUT2D eigenvalue weighted by atomic mass is 10.1. The summed E-state index contributed by atoms with van der Waals surface area (Å²) in [6.45, 7) is 1.78. The summed E-state index contributed by atoms with van der Waals surface area (Å²) in [7, 11) is 0. The lowest BCUT2D eigenvalue weighted by Crippen LogP contribution is -2.26. The van der Waals surface area contributed by atoms with E-state index in [4.69, 9.17) is 4.74 Å². The zero-order chi connectivity index (χ0) is 13.7. The highest BCUT2D eigenvalue weighted by molar-refractivity contribution is 5.97. The molecular formula is C14H18FNO3. The maximum absolute atomic E-state index is 13.4. The highest BCUT2D eigenvalue weighted by Gasteiger charge is 2.21. The topological polar surface area (TPSA) is 58.6 Å². The normalized spacial score (nSPS) is 14.4. The minimum Gasteiger partial charge on any atom is -0.507 e. The second-order valence-corrected chi connectivity index (χ2v) is 4.76. The van der Waals surface area contributed by atoms with Crippen molar-refractivity contribution < 1.29 is 19.0 Å². The number of halogens is 1. The molecule has 0 spiro atoms. The first-order valence-corrected chi connectivity index (χ1v) is 6.52. The zero-order valence-corrected chi connectivity index (χ0v) is 10.7. The second kappa shape index (κ2) is 6.52. The van der Waals surface area contributed by atoms with Crippen LogP contribution in [-0.2, 0) is 4.74 Å². The third-order valence-corrected chi connectivity index (χ3v) is 3.02. The number of amides is 1. The van der Waals surface area contributed by atoms with Gasteiger partial charge in [0.2, 0.25) is 0 Å². The van der Waals surface area contributed by atoms with E-state index in [2.05, 4.69) is 5.32 Å². The van der Waals surface area contributed by atoms with Crippen LogP contribution in [0.5, 0.6) is 5.75 Å². The Balaban J connectivity index is 1.68. The molecule has 0 saturated heterocycles. The molecule has 0 unspecified atom stereocenters. The van der Waals surface area contributed by atoms with Crippen molar-refractivity contribution in [3.05, 3.63) is 29.6 Å². The van der Waals surface area contributed by atoms with Gasteiger partial charge in [0.15, 0.2) is 0 Å². The highest BCUT2D eigenvalue weighted by Crippen LogP contribution is 2.28. The van der Waals surface area contributed by atoms with Crippen molar-refractivity contribution >= 4 is 5.91 Å². The maximum Gasteiger partial charge on any atom is 0.258 e. The van der Waals surface area contributed by atoms with Crippen LogP contribution in [0.4, 0.5) is 4.39 Å². The summed E-state index contributed by atoms with van der Waals surface area (Å²) in [5.41, 5.74) is -0.304. The third kappa shape index (κ3) is 4.21. The number of hydrogen-bond acceptors (Lipinski definition) is 3. The van der Waals surface area contributed by atoms with E-state index < -0.39 is 11.7 Å². The average molecular weight is 267 g/mol. The minimum atomic E-state index is -0.720. The Labute approximate surface area is 111 Å². The largest absolute Gasteiger partial charge is 0.507 e. The molecule has 0 bridgehead atoms. The van der Waals surface area contributed by atoms with Crippen molar-refractivity contribution in [3.63, 3.8) is 0 Å². The molecular weight excluding hydrogens is 249 g/mol. The maximum atomic E-state index is 13.4. The molecule has 1 aliphatic carbocycles. The second-order valence-electron chi connectivity index (χ2n) is 4.76. The van der Waals surface area contributed by atoms with Gasteiger partial charge in [-0.3, -0.25) is 4.79 Å². The van der Waals surface area contributed by atoms with Gasteiger partial charge in [-0.1, -0.05) is 6.07 Å². The molecule has 1 aliphatic rings. The van der Waals surface area contributed by atoms with Gasteiger partial charge in [-0.2, -0.15) is 0 Å². The Bertz CT molecular complexity index is 426. The Morgan fingerprint density at radius 1 is 1.47 bits per heavy atom. The lowest BCUT2D eigenvalue weighted by molar-refractivity contribution is 0.0931. The van der Waals surface area contributed by atoms with Gasteiger partial charge in [0, 0.05) is 19.8 Å². The van der Waals surface area contributed by atoms with Crippen molar-refractivity contribution in [2.45, 2.75) is 19.3 Å². The zero-order valence-electron chi connectivity index (χ0n) is 10.7. The van der Waals surface area contributed by atoms with Crippen LogP contribution < -0.4 is 5.32 Å². The molecule has 0 heterocycles. The first-order valence-electron chi connectivity index (χ1n) is 6.52. The van der Waals surface area contributed by atoms with Crippen LogP contribution in [0.15, 0.2) is 18.2 Å². The van der Waals surface area contributed by atoms with Gasteiger partial charge in [0.1, 0.15) is 17.1 Å². The number of ether oxygens (including phenoxy) is 1. The quantitative estimate of drug-likeness (QED) is 0.744. The van der Waals surface area contributed by atoms with Gasteiger partial charge in [0.25, 0.3) is 5.91 Å². The predicted octanol–water partition coefficient (Wildman–Crippen LogP) is 2.08. The molecule has 19 heavy (non-hydrogen) atoms. The molecule has 0 aromatic heterocycles. The summed E-state index contributed by atoms with van der Waals surface area (Å²) >= 11 is 0. The number of aromatic hydroxyl groups is 1. The third-order valence-electron chi connectivity index (χ3n) is 3.02. The van der Waals surface area contributed by atoms with Crippen LogP contribution in [-0.4, -0.2) is 30.8 Å². The van der Waals surface area contributed by atoms with Crippen LogP contribution in [0.25, 0.3) is 0 Å². The fraction of sp³-hybridized carbons (Fsp3) is 0.500. The molecule has 1 saturated carbocycles. The number of nitrogens with one attached hydrogen (secondary N) is 1. The Morgan fingerprint density at radius 3 is 2.95 bits per heavy atom. The first kappa shape index (κ1) is 13.8. The summed E-state index contributed by atoms with van der Waals surface area (Å²) in [6, 6.07) is 3.79. The molecule has 1 aromatic rings. The lowest BCUT2D eigenvalue weighted by Gasteiger charge is -2.08. The van der Waals surface area contributed by atoms with Crippen molar-refractivity contribution in [2.75, 3.05) is 19.8 Å². The van der Waals surface area contributed by atoms with E-state index in [1.165, 1.54) is 25.0 Å². The minimum absolute atomic E-state index is 0.304. The standard InChI is InChI=1S/C14H18FNO3/c15-11-3-1-4-12(17)13(11)14(18)16-7-2-8-19-9-10-5-6-10/h1,3-4,10,17H,2,5-9H2,(H,16,18). The molecule has 1 aromatic carbocycles. The van der Waals surface area contributed by atoms with Crippen molar-refractivity contribution in [2.24, 2.45) is 5.92 Å². The molecule has 5 heteroatoms. The van der Waals surface area contributed by atoms with Gasteiger partial charge in [0.05, 0.1) is 0 Å². The van der Waals surface area contributed by atoms with Crippen LogP contribution in [0, 0.1) is 11.7 Å². The number of phenols is 1. The summed E-state index contributed by atoms with van der Waals surface area (Å²) in [4.78, 5) is 11.7. The summed E-state index contributed by atoms with van der Waals surface area (Å²) in [5, 5.41) is 12.0. The summed E-state index contributed by atoms with van der Waals surface area (Å²) in [6.07, 6.45) is 3.18. The Morgan fingerprint density at radius 2 is 2.26 bits per heavy atom. The Hall–Kier alpha value is -1.62. The van der Waals surface area contributed by atoms with E-state index in [1.54, 1.807) is 0 Å².